The molecule has 0 heteroatoms. The van der Waals surface area contributed by atoms with Crippen LogP contribution in [-0.4, -0.2) is 0 Å². The highest BCUT2D eigenvalue weighted by Gasteiger charge is 1.49. The summed E-state index contributed by atoms with van der Waals surface area (Å²) < 4.78 is 0. The summed E-state index contributed by atoms with van der Waals surface area (Å²) >= 11 is 0. The molecule has 38 valence electrons. The van der Waals surface area contributed by atoms with Gasteiger partial charge in [0, 0.05) is 0 Å². The smallest absolute Gasteiger partial charge is 0.0656 e. The molecule has 0 amide bonds. The Morgan fingerprint density at radius 3 is 1.17 bits per heavy atom. The average molecular weight is 87.2 g/mol. The highest BCUT2D eigenvalue weighted by molar-refractivity contribution is 4.34. The van der Waals surface area contributed by atoms with Crippen LogP contribution in [0.4, 0.5) is 0 Å². The van der Waals surface area contributed by atoms with Crippen LogP contribution in [0.1, 0.15) is 34.1 Å². The van der Waals surface area contributed by atoms with Gasteiger partial charge in [-0.3, -0.25) is 0 Å². The average Bonchev–Trinajstić information content (AvgIpc) is 1.39. The maximum Gasteiger partial charge on any atom is 0.0768 e. The molecule has 0 nitrogen and oxygen atoms in total. The van der Waals surface area contributed by atoms with Crippen LogP contribution in [0.2, 0.25) is 0 Å². The predicted molar refractivity (Wildman–Crippen MR) is 31.6 cm³/mol. The van der Waals surface area contributed by atoms with E-state index in [1.54, 1.807) is 0 Å². The minimum absolute atomic E-state index is 1.25. The molecule has 0 unspecified atom stereocenters. The lowest BCUT2D eigenvalue weighted by Gasteiger charge is -1.48. The van der Waals surface area contributed by atoms with Crippen LogP contribution in [0.25, 0.3) is 0 Å². The zero-order valence-corrected chi connectivity index (χ0v) is 5.28. The van der Waals surface area contributed by atoms with Gasteiger partial charge in [0.05, 0.1) is 20.3 Å². The highest BCUT2D eigenvalue weighted by atomic mass is 13.4. The Labute approximate surface area is 41.6 Å². The molecule has 0 bridgehead atoms. The van der Waals surface area contributed by atoms with Gasteiger partial charge in [-0.05, 0) is 0 Å². The van der Waals surface area contributed by atoms with Gasteiger partial charge in [-0.1, -0.05) is 20.3 Å². The zero-order chi connectivity index (χ0) is 5.41. The van der Waals surface area contributed by atoms with Crippen LogP contribution >= 0.6 is 0 Å². The molecule has 0 aromatic rings. The van der Waals surface area contributed by atoms with Crippen LogP contribution < -0.4 is 0 Å². The second-order valence-corrected chi connectivity index (χ2v) is 1.28. The number of hydrogen-bond donors (Lipinski definition) is 0. The minimum atomic E-state index is 1.25. The predicted octanol–water partition coefficient (Wildman–Crippen LogP) is 2.65. The Morgan fingerprint density at radius 1 is 1.17 bits per heavy atom. The number of hydrogen-bond acceptors (Lipinski definition) is 0. The van der Waals surface area contributed by atoms with Gasteiger partial charge >= 0.3 is 0 Å². The van der Waals surface area contributed by atoms with Crippen molar-refractivity contribution in [2.24, 2.45) is 0 Å². The quantitative estimate of drug-likeness (QED) is 0.398. The van der Waals surface area contributed by atoms with Gasteiger partial charge in [0.15, 0.2) is 0 Å². The Morgan fingerprint density at radius 2 is 1.17 bits per heavy atom. The fourth-order valence-electron chi connectivity index (χ4n) is 0. The van der Waals surface area contributed by atoms with Crippen LogP contribution in [0.3, 0.4) is 0 Å². The summed E-state index contributed by atoms with van der Waals surface area (Å²) in [5.41, 5.74) is 0. The molecular weight excluding hydrogens is 72.1 g/mol. The Balaban J connectivity index is 0. The molecule has 0 aliphatic rings. The summed E-state index contributed by atoms with van der Waals surface area (Å²) in [6, 6.07) is 0. The normalized spacial score (nSPS) is 5.33. The van der Waals surface area contributed by atoms with Crippen molar-refractivity contribution >= 4 is 0 Å². The summed E-state index contributed by atoms with van der Waals surface area (Å²) in [5.74, 6) is 0. The third-order valence-corrected chi connectivity index (χ3v) is 0. The molecule has 6 heavy (non-hydrogen) atoms. The minimum Gasteiger partial charge on any atom is -0.0656 e. The monoisotopic (exact) mass is 87.1 g/mol. The van der Waals surface area contributed by atoms with Crippen LogP contribution in [0, 0.1) is 6.42 Å². The van der Waals surface area contributed by atoms with E-state index in [0.29, 0.717) is 0 Å². The molecule has 0 aliphatic carbocycles. The van der Waals surface area contributed by atoms with E-state index in [1.165, 1.54) is 6.42 Å². The van der Waals surface area contributed by atoms with E-state index < -0.39 is 0 Å². The van der Waals surface area contributed by atoms with Crippen LogP contribution in [0.5, 0.6) is 0 Å². The molecule has 0 radical (unpaired) electrons. The van der Waals surface area contributed by atoms with Crippen LogP contribution in [0.15, 0.2) is 0 Å². The van der Waals surface area contributed by atoms with Gasteiger partial charge in [-0.2, -0.15) is 0 Å². The fraction of sp³-hybridized carbons (Fsp3) is 0.833. The fourth-order valence-corrected chi connectivity index (χ4v) is 0. The lowest BCUT2D eigenvalue weighted by atomic mass is 10.6. The SMILES string of the molecule is CCC.C[CH+]C. The molecule has 0 heterocycles. The molecule has 0 saturated carbocycles. The zero-order valence-electron chi connectivity index (χ0n) is 5.28. The van der Waals surface area contributed by atoms with Gasteiger partial charge in [0.1, 0.15) is 0 Å². The van der Waals surface area contributed by atoms with Crippen molar-refractivity contribution in [2.45, 2.75) is 34.1 Å². The van der Waals surface area contributed by atoms with Crippen molar-refractivity contribution < 1.29 is 0 Å². The Hall–Kier alpha value is -0.130. The summed E-state index contributed by atoms with van der Waals surface area (Å²) in [4.78, 5) is 0. The molecule has 0 aliphatic heterocycles. The lowest BCUT2D eigenvalue weighted by Crippen LogP contribution is -1.30. The van der Waals surface area contributed by atoms with E-state index in [-0.39, 0.29) is 0 Å². The third kappa shape index (κ3) is 1890. The van der Waals surface area contributed by atoms with Gasteiger partial charge < -0.3 is 0 Å². The largest absolute Gasteiger partial charge is 0.0768 e. The van der Waals surface area contributed by atoms with Crippen molar-refractivity contribution in [1.29, 1.82) is 0 Å². The molecule has 0 aromatic carbocycles. The summed E-state index contributed by atoms with van der Waals surface area (Å²) in [7, 11) is 0. The standard InChI is InChI=1S/C3H8.C3H7/c2*1-3-2/h3H2,1-2H3;3H,1-2H3/q;+1. The van der Waals surface area contributed by atoms with Gasteiger partial charge in [-0.25, -0.2) is 0 Å². The molecule has 0 aromatic heterocycles. The molecule has 0 N–H and O–H groups in total. The molecule has 0 saturated heterocycles. The topological polar surface area (TPSA) is 0 Å². The maximum atomic E-state index is 2.12. The van der Waals surface area contributed by atoms with E-state index in [0.717, 1.165) is 0 Å². The summed E-state index contributed by atoms with van der Waals surface area (Å²) in [6.45, 7) is 8.25. The first-order valence-corrected chi connectivity index (χ1v) is 2.57. The highest BCUT2D eigenvalue weighted by Crippen LogP contribution is 1.56. The summed E-state index contributed by atoms with van der Waals surface area (Å²) in [6.07, 6.45) is 3.25. The van der Waals surface area contributed by atoms with Crippen LogP contribution in [-0.2, 0) is 0 Å². The molecule has 0 spiro atoms. The van der Waals surface area contributed by atoms with Gasteiger partial charge in [0.2, 0.25) is 0 Å². The molecule has 0 fully saturated rings. The third-order valence-electron chi connectivity index (χ3n) is 0. The maximum absolute atomic E-state index is 2.12. The first-order valence-electron chi connectivity index (χ1n) is 2.57. The first kappa shape index (κ1) is 9.30. The van der Waals surface area contributed by atoms with Gasteiger partial charge in [-0.15, -0.1) is 0 Å². The molecule has 0 rings (SSSR count). The Bertz CT molecular complexity index is 2.00. The van der Waals surface area contributed by atoms with Crippen molar-refractivity contribution in [3.63, 3.8) is 0 Å². The van der Waals surface area contributed by atoms with E-state index in [2.05, 4.69) is 13.8 Å². The van der Waals surface area contributed by atoms with Crippen molar-refractivity contribution in [3.8, 4) is 0 Å². The van der Waals surface area contributed by atoms with Crippen molar-refractivity contribution in [3.05, 3.63) is 6.42 Å². The number of rotatable bonds is 0. The van der Waals surface area contributed by atoms with E-state index in [9.17, 15) is 0 Å². The molecular formula is C6H15+. The Kier molecular flexibility index (Phi) is 32.3. The van der Waals surface area contributed by atoms with Crippen molar-refractivity contribution in [2.75, 3.05) is 0 Å². The van der Waals surface area contributed by atoms with E-state index in [4.69, 9.17) is 0 Å². The van der Waals surface area contributed by atoms with E-state index in [1.807, 2.05) is 20.3 Å². The molecule has 0 atom stereocenters. The first-order chi connectivity index (χ1) is 2.83. The van der Waals surface area contributed by atoms with Crippen molar-refractivity contribution in [1.82, 2.24) is 0 Å². The van der Waals surface area contributed by atoms with E-state index >= 15 is 0 Å². The second kappa shape index (κ2) is 20.9. The summed E-state index contributed by atoms with van der Waals surface area (Å²) in [5, 5.41) is 0. The second-order valence-electron chi connectivity index (χ2n) is 1.28. The van der Waals surface area contributed by atoms with Gasteiger partial charge in [0.25, 0.3) is 0 Å². The lowest BCUT2D eigenvalue weighted by molar-refractivity contribution is 1.09.